The molecule has 0 aliphatic heterocycles. The summed E-state index contributed by atoms with van der Waals surface area (Å²) in [5.41, 5.74) is -2.37. The molecule has 0 atom stereocenters. The second-order valence-corrected chi connectivity index (χ2v) is 3.65. The number of esters is 1. The van der Waals surface area contributed by atoms with Crippen molar-refractivity contribution in [1.82, 2.24) is 0 Å². The molecule has 2 nitrogen and oxygen atoms in total. The zero-order valence-electron chi connectivity index (χ0n) is 9.68. The number of carbonyl (C=O) groups excluding carboxylic acids is 1. The molecule has 0 saturated carbocycles. The molecule has 0 N–H and O–H groups in total. The fraction of sp³-hybridized carbons (Fsp3) is 0.417. The average Bonchev–Trinajstić information content (AvgIpc) is 2.27. The topological polar surface area (TPSA) is 26.3 Å². The van der Waals surface area contributed by atoms with Crippen LogP contribution >= 0.6 is 0 Å². The van der Waals surface area contributed by atoms with Gasteiger partial charge in [0.2, 0.25) is 0 Å². The SMILES string of the molecule is CCCCOC(=O)c1c(F)cccc1C(F)(F)F. The molecule has 0 saturated heterocycles. The van der Waals surface area contributed by atoms with Crippen molar-refractivity contribution in [3.63, 3.8) is 0 Å². The predicted molar refractivity (Wildman–Crippen MR) is 56.6 cm³/mol. The third kappa shape index (κ3) is 3.45. The number of hydrogen-bond acceptors (Lipinski definition) is 2. The Morgan fingerprint density at radius 2 is 2.00 bits per heavy atom. The summed E-state index contributed by atoms with van der Waals surface area (Å²) in [7, 11) is 0. The molecule has 1 aromatic rings. The Balaban J connectivity index is 3.03. The van der Waals surface area contributed by atoms with Gasteiger partial charge in [0, 0.05) is 0 Å². The third-order valence-corrected chi connectivity index (χ3v) is 2.25. The monoisotopic (exact) mass is 264 g/mol. The lowest BCUT2D eigenvalue weighted by Gasteiger charge is -2.12. The van der Waals surface area contributed by atoms with E-state index in [4.69, 9.17) is 0 Å². The number of rotatable bonds is 4. The third-order valence-electron chi connectivity index (χ3n) is 2.25. The molecule has 0 radical (unpaired) electrons. The summed E-state index contributed by atoms with van der Waals surface area (Å²) in [6, 6.07) is 2.35. The van der Waals surface area contributed by atoms with E-state index in [0.717, 1.165) is 18.6 Å². The minimum atomic E-state index is -4.79. The molecule has 0 spiro atoms. The second-order valence-electron chi connectivity index (χ2n) is 3.65. The molecular weight excluding hydrogens is 252 g/mol. The predicted octanol–water partition coefficient (Wildman–Crippen LogP) is 3.80. The van der Waals surface area contributed by atoms with E-state index in [1.165, 1.54) is 0 Å². The number of halogens is 4. The lowest BCUT2D eigenvalue weighted by molar-refractivity contribution is -0.138. The Morgan fingerprint density at radius 3 is 2.56 bits per heavy atom. The molecule has 100 valence electrons. The maximum Gasteiger partial charge on any atom is 0.417 e. The minimum absolute atomic E-state index is 0.0268. The molecule has 0 amide bonds. The van der Waals surface area contributed by atoms with Crippen LogP contribution in [0.3, 0.4) is 0 Å². The summed E-state index contributed by atoms with van der Waals surface area (Å²) >= 11 is 0. The van der Waals surface area contributed by atoms with Crippen LogP contribution in [0.15, 0.2) is 18.2 Å². The van der Waals surface area contributed by atoms with E-state index in [1.807, 2.05) is 6.92 Å². The van der Waals surface area contributed by atoms with Gasteiger partial charge in [-0.15, -0.1) is 0 Å². The van der Waals surface area contributed by atoms with Crippen molar-refractivity contribution in [2.45, 2.75) is 25.9 Å². The molecule has 0 aliphatic carbocycles. The Kier molecular flexibility index (Phi) is 4.69. The largest absolute Gasteiger partial charge is 0.462 e. The quantitative estimate of drug-likeness (QED) is 0.469. The Hall–Kier alpha value is -1.59. The second kappa shape index (κ2) is 5.84. The summed E-state index contributed by atoms with van der Waals surface area (Å²) in [6.45, 7) is 1.80. The number of hydrogen-bond donors (Lipinski definition) is 0. The summed E-state index contributed by atoms with van der Waals surface area (Å²) in [5.74, 6) is -2.51. The van der Waals surface area contributed by atoms with Gasteiger partial charge in [-0.25, -0.2) is 9.18 Å². The van der Waals surface area contributed by atoms with Crippen molar-refractivity contribution in [2.75, 3.05) is 6.61 Å². The summed E-state index contributed by atoms with van der Waals surface area (Å²) in [6.07, 6.45) is -3.56. The van der Waals surface area contributed by atoms with Crippen molar-refractivity contribution in [2.24, 2.45) is 0 Å². The van der Waals surface area contributed by atoms with Crippen LogP contribution in [0, 0.1) is 5.82 Å². The van der Waals surface area contributed by atoms with Gasteiger partial charge in [0.1, 0.15) is 11.4 Å². The van der Waals surface area contributed by atoms with E-state index in [9.17, 15) is 22.4 Å². The highest BCUT2D eigenvalue weighted by molar-refractivity contribution is 5.91. The summed E-state index contributed by atoms with van der Waals surface area (Å²) in [5, 5.41) is 0. The zero-order valence-corrected chi connectivity index (χ0v) is 9.68. The van der Waals surface area contributed by atoms with Crippen molar-refractivity contribution in [3.05, 3.63) is 35.1 Å². The Morgan fingerprint density at radius 1 is 1.33 bits per heavy atom. The van der Waals surface area contributed by atoms with E-state index >= 15 is 0 Å². The first kappa shape index (κ1) is 14.5. The molecule has 0 fully saturated rings. The van der Waals surface area contributed by atoms with Crippen LogP contribution in [-0.2, 0) is 10.9 Å². The van der Waals surface area contributed by atoms with Crippen molar-refractivity contribution in [3.8, 4) is 0 Å². The molecule has 18 heavy (non-hydrogen) atoms. The van der Waals surface area contributed by atoms with E-state index in [1.54, 1.807) is 0 Å². The van der Waals surface area contributed by atoms with Gasteiger partial charge in [0.15, 0.2) is 0 Å². The normalized spacial score (nSPS) is 11.4. The lowest BCUT2D eigenvalue weighted by atomic mass is 10.1. The summed E-state index contributed by atoms with van der Waals surface area (Å²) < 4.78 is 55.8. The van der Waals surface area contributed by atoms with Crippen LogP contribution < -0.4 is 0 Å². The number of benzene rings is 1. The van der Waals surface area contributed by atoms with E-state index in [0.29, 0.717) is 12.5 Å². The molecule has 1 aromatic carbocycles. The number of unbranched alkanes of at least 4 members (excludes halogenated alkanes) is 1. The van der Waals surface area contributed by atoms with Crippen molar-refractivity contribution in [1.29, 1.82) is 0 Å². The van der Waals surface area contributed by atoms with Crippen LogP contribution in [0.2, 0.25) is 0 Å². The van der Waals surface area contributed by atoms with Gasteiger partial charge in [-0.05, 0) is 18.6 Å². The molecule has 0 aromatic heterocycles. The Bertz CT molecular complexity index is 427. The minimum Gasteiger partial charge on any atom is -0.462 e. The zero-order chi connectivity index (χ0) is 13.8. The van der Waals surface area contributed by atoms with Gasteiger partial charge in [-0.1, -0.05) is 19.4 Å². The standard InChI is InChI=1S/C12H12F4O2/c1-2-3-7-18-11(17)10-8(12(14,15)16)5-4-6-9(10)13/h4-6H,2-3,7H2,1H3. The summed E-state index contributed by atoms with van der Waals surface area (Å²) in [4.78, 5) is 11.4. The molecule has 0 unspecified atom stereocenters. The molecule has 0 bridgehead atoms. The Labute approximate surface area is 102 Å². The van der Waals surface area contributed by atoms with Crippen molar-refractivity contribution >= 4 is 5.97 Å². The van der Waals surface area contributed by atoms with Gasteiger partial charge in [0.05, 0.1) is 12.2 Å². The first-order valence-corrected chi connectivity index (χ1v) is 5.40. The van der Waals surface area contributed by atoms with Gasteiger partial charge in [-0.2, -0.15) is 13.2 Å². The first-order chi connectivity index (χ1) is 8.38. The average molecular weight is 264 g/mol. The van der Waals surface area contributed by atoms with Crippen LogP contribution in [0.25, 0.3) is 0 Å². The maximum absolute atomic E-state index is 13.3. The van der Waals surface area contributed by atoms with Gasteiger partial charge >= 0.3 is 12.1 Å². The van der Waals surface area contributed by atoms with Crippen LogP contribution in [0.4, 0.5) is 17.6 Å². The number of carbonyl (C=O) groups is 1. The fourth-order valence-electron chi connectivity index (χ4n) is 1.35. The highest BCUT2D eigenvalue weighted by Crippen LogP contribution is 2.33. The highest BCUT2D eigenvalue weighted by Gasteiger charge is 2.37. The van der Waals surface area contributed by atoms with Crippen LogP contribution in [-0.4, -0.2) is 12.6 Å². The molecule has 6 heteroatoms. The van der Waals surface area contributed by atoms with Crippen molar-refractivity contribution < 1.29 is 27.1 Å². The van der Waals surface area contributed by atoms with E-state index in [-0.39, 0.29) is 6.61 Å². The molecule has 0 heterocycles. The van der Waals surface area contributed by atoms with Gasteiger partial charge < -0.3 is 4.74 Å². The van der Waals surface area contributed by atoms with Gasteiger partial charge in [0.25, 0.3) is 0 Å². The van der Waals surface area contributed by atoms with E-state index < -0.39 is 29.1 Å². The van der Waals surface area contributed by atoms with Gasteiger partial charge in [-0.3, -0.25) is 0 Å². The highest BCUT2D eigenvalue weighted by atomic mass is 19.4. The maximum atomic E-state index is 13.3. The fourth-order valence-corrected chi connectivity index (χ4v) is 1.35. The first-order valence-electron chi connectivity index (χ1n) is 5.40. The van der Waals surface area contributed by atoms with Crippen LogP contribution in [0.1, 0.15) is 35.7 Å². The van der Waals surface area contributed by atoms with Crippen LogP contribution in [0.5, 0.6) is 0 Å². The number of alkyl halides is 3. The lowest BCUT2D eigenvalue weighted by Crippen LogP contribution is -2.17. The number of ether oxygens (including phenoxy) is 1. The molecular formula is C12H12F4O2. The smallest absolute Gasteiger partial charge is 0.417 e. The van der Waals surface area contributed by atoms with E-state index in [2.05, 4.69) is 4.74 Å². The molecule has 0 aliphatic rings. The molecule has 1 rings (SSSR count).